The Kier molecular flexibility index (Phi) is 5.09. The fraction of sp³-hybridized carbons (Fsp3) is 0.375. The van der Waals surface area contributed by atoms with E-state index in [1.807, 2.05) is 30.3 Å². The van der Waals surface area contributed by atoms with E-state index in [2.05, 4.69) is 16.3 Å². The number of nitrogens with zero attached hydrogens (tertiary/aromatic N) is 1. The van der Waals surface area contributed by atoms with Gasteiger partial charge in [-0.05, 0) is 43.5 Å². The third-order valence-electron chi connectivity index (χ3n) is 5.97. The summed E-state index contributed by atoms with van der Waals surface area (Å²) in [4.78, 5) is 13.9. The van der Waals surface area contributed by atoms with Gasteiger partial charge >= 0.3 is 0 Å². The van der Waals surface area contributed by atoms with Crippen LogP contribution in [0.25, 0.3) is 11.0 Å². The summed E-state index contributed by atoms with van der Waals surface area (Å²) in [6, 6.07) is 11.9. The number of furan rings is 1. The monoisotopic (exact) mass is 406 g/mol. The number of unbranched alkanes of at least 4 members (excludes halogenated alkanes) is 1. The van der Waals surface area contributed by atoms with Crippen LogP contribution in [0.4, 0.5) is 5.69 Å². The summed E-state index contributed by atoms with van der Waals surface area (Å²) >= 11 is 0. The summed E-state index contributed by atoms with van der Waals surface area (Å²) in [6.07, 6.45) is 3.53. The molecule has 0 saturated heterocycles. The third kappa shape index (κ3) is 3.63. The number of methoxy groups -OCH3 is 1. The first-order valence-corrected chi connectivity index (χ1v) is 10.6. The molecule has 0 unspecified atom stereocenters. The zero-order chi connectivity index (χ0) is 20.5. The number of fused-ring (bicyclic) bond motifs is 4. The van der Waals surface area contributed by atoms with Gasteiger partial charge in [-0.2, -0.15) is 0 Å². The van der Waals surface area contributed by atoms with Gasteiger partial charge in [-0.15, -0.1) is 0 Å². The van der Waals surface area contributed by atoms with Gasteiger partial charge in [0.15, 0.2) is 11.3 Å². The van der Waals surface area contributed by atoms with Gasteiger partial charge in [-0.1, -0.05) is 18.2 Å². The van der Waals surface area contributed by atoms with Crippen LogP contribution in [0.3, 0.4) is 0 Å². The molecule has 3 aromatic rings. The van der Waals surface area contributed by atoms with Crippen molar-refractivity contribution in [2.75, 3.05) is 32.1 Å². The summed E-state index contributed by atoms with van der Waals surface area (Å²) in [7, 11) is 1.68. The zero-order valence-electron chi connectivity index (χ0n) is 17.2. The smallest absolute Gasteiger partial charge is 0.228 e. The van der Waals surface area contributed by atoms with Gasteiger partial charge in [-0.3, -0.25) is 9.69 Å². The van der Waals surface area contributed by atoms with Gasteiger partial charge in [0.05, 0.1) is 26.7 Å². The highest BCUT2D eigenvalue weighted by molar-refractivity contribution is 5.99. The van der Waals surface area contributed by atoms with E-state index in [9.17, 15) is 4.79 Å². The topological polar surface area (TPSA) is 63.9 Å². The van der Waals surface area contributed by atoms with Crippen molar-refractivity contribution in [1.29, 1.82) is 0 Å². The maximum absolute atomic E-state index is 11.5. The Morgan fingerprint density at radius 3 is 3.03 bits per heavy atom. The average molecular weight is 406 g/mol. The highest BCUT2D eigenvalue weighted by atomic mass is 16.5. The first kappa shape index (κ1) is 19.0. The average Bonchev–Trinajstić information content (AvgIpc) is 3.31. The molecule has 0 spiro atoms. The van der Waals surface area contributed by atoms with E-state index < -0.39 is 0 Å². The number of carbonyl (C=O) groups excluding carboxylic acids is 1. The predicted octanol–water partition coefficient (Wildman–Crippen LogP) is 4.15. The zero-order valence-corrected chi connectivity index (χ0v) is 17.2. The molecule has 0 fully saturated rings. The Bertz CT molecular complexity index is 1090. The standard InChI is InChI=1S/C24H26N2O4/c1-28-21-6-4-5-19-18-9-11-26(15-22(18)30-24(19)21)10-2-3-12-29-17-8-7-16-13-23(27)25-20(16)14-17/h4-8,14H,2-3,9-13,15H2,1H3,(H,25,27). The molecule has 0 bridgehead atoms. The second-order valence-electron chi connectivity index (χ2n) is 7.97. The Balaban J connectivity index is 1.11. The number of ether oxygens (including phenoxy) is 2. The van der Waals surface area contributed by atoms with Crippen molar-refractivity contribution in [2.45, 2.75) is 32.2 Å². The summed E-state index contributed by atoms with van der Waals surface area (Å²) in [6.45, 7) is 3.59. The van der Waals surface area contributed by atoms with E-state index in [0.29, 0.717) is 13.0 Å². The molecule has 1 aromatic heterocycles. The lowest BCUT2D eigenvalue weighted by Gasteiger charge is -2.25. The summed E-state index contributed by atoms with van der Waals surface area (Å²) in [5.74, 6) is 2.73. The fourth-order valence-electron chi connectivity index (χ4n) is 4.41. The molecule has 0 aliphatic carbocycles. The number of rotatable bonds is 7. The Morgan fingerprint density at radius 2 is 2.13 bits per heavy atom. The lowest BCUT2D eigenvalue weighted by molar-refractivity contribution is -0.115. The molecular formula is C24H26N2O4. The largest absolute Gasteiger partial charge is 0.494 e. The van der Waals surface area contributed by atoms with Crippen LogP contribution >= 0.6 is 0 Å². The number of carbonyl (C=O) groups is 1. The minimum atomic E-state index is 0.0507. The quantitative estimate of drug-likeness (QED) is 0.597. The van der Waals surface area contributed by atoms with Crippen molar-refractivity contribution < 1.29 is 18.7 Å². The molecule has 156 valence electrons. The van der Waals surface area contributed by atoms with E-state index in [4.69, 9.17) is 13.9 Å². The fourth-order valence-corrected chi connectivity index (χ4v) is 4.41. The van der Waals surface area contributed by atoms with Crippen LogP contribution in [0.15, 0.2) is 40.8 Å². The van der Waals surface area contributed by atoms with Crippen LogP contribution in [0.2, 0.25) is 0 Å². The maximum atomic E-state index is 11.5. The molecule has 0 radical (unpaired) electrons. The SMILES string of the molecule is COc1cccc2c3c(oc12)CN(CCCCOc1ccc2c(c1)NC(=O)C2)CC3. The number of hydrogen-bond donors (Lipinski definition) is 1. The number of para-hydroxylation sites is 1. The Labute approximate surface area is 175 Å². The van der Waals surface area contributed by atoms with E-state index >= 15 is 0 Å². The molecule has 1 amide bonds. The maximum Gasteiger partial charge on any atom is 0.228 e. The number of anilines is 1. The molecule has 0 saturated carbocycles. The van der Waals surface area contributed by atoms with Crippen molar-refractivity contribution in [3.63, 3.8) is 0 Å². The van der Waals surface area contributed by atoms with Crippen LogP contribution in [0.1, 0.15) is 29.7 Å². The van der Waals surface area contributed by atoms with Gasteiger partial charge in [-0.25, -0.2) is 0 Å². The van der Waals surface area contributed by atoms with E-state index in [1.165, 1.54) is 10.9 Å². The molecule has 3 heterocycles. The molecule has 5 rings (SSSR count). The van der Waals surface area contributed by atoms with Crippen molar-refractivity contribution in [3.8, 4) is 11.5 Å². The van der Waals surface area contributed by atoms with Gasteiger partial charge in [0.2, 0.25) is 5.91 Å². The molecule has 6 heteroatoms. The summed E-state index contributed by atoms with van der Waals surface area (Å²) in [5.41, 5.74) is 4.11. The molecule has 2 aromatic carbocycles. The first-order valence-electron chi connectivity index (χ1n) is 10.6. The van der Waals surface area contributed by atoms with E-state index in [-0.39, 0.29) is 5.91 Å². The number of hydrogen-bond acceptors (Lipinski definition) is 5. The Morgan fingerprint density at radius 1 is 1.20 bits per heavy atom. The molecule has 2 aliphatic heterocycles. The van der Waals surface area contributed by atoms with Crippen LogP contribution in [-0.4, -0.2) is 37.6 Å². The lowest BCUT2D eigenvalue weighted by atomic mass is 10.0. The first-order chi connectivity index (χ1) is 14.7. The molecule has 6 nitrogen and oxygen atoms in total. The van der Waals surface area contributed by atoms with Crippen molar-refractivity contribution in [3.05, 3.63) is 53.3 Å². The molecule has 0 atom stereocenters. The molecule has 30 heavy (non-hydrogen) atoms. The van der Waals surface area contributed by atoms with E-state index in [1.54, 1.807) is 7.11 Å². The third-order valence-corrected chi connectivity index (χ3v) is 5.97. The lowest BCUT2D eigenvalue weighted by Crippen LogP contribution is -2.30. The van der Waals surface area contributed by atoms with Crippen LogP contribution < -0.4 is 14.8 Å². The van der Waals surface area contributed by atoms with Crippen molar-refractivity contribution >= 4 is 22.6 Å². The van der Waals surface area contributed by atoms with E-state index in [0.717, 1.165) is 73.0 Å². The normalized spacial score (nSPS) is 15.7. The molecule has 2 aliphatic rings. The summed E-state index contributed by atoms with van der Waals surface area (Å²) < 4.78 is 17.5. The predicted molar refractivity (Wildman–Crippen MR) is 115 cm³/mol. The van der Waals surface area contributed by atoms with Crippen LogP contribution in [0.5, 0.6) is 11.5 Å². The number of amides is 1. The second-order valence-corrected chi connectivity index (χ2v) is 7.97. The molecular weight excluding hydrogens is 380 g/mol. The van der Waals surface area contributed by atoms with Gasteiger partial charge in [0.25, 0.3) is 0 Å². The second kappa shape index (κ2) is 8.03. The van der Waals surface area contributed by atoms with Gasteiger partial charge in [0, 0.05) is 29.2 Å². The minimum Gasteiger partial charge on any atom is -0.494 e. The minimum absolute atomic E-state index is 0.0507. The van der Waals surface area contributed by atoms with Crippen LogP contribution in [-0.2, 0) is 24.2 Å². The van der Waals surface area contributed by atoms with Gasteiger partial charge in [0.1, 0.15) is 11.5 Å². The number of benzene rings is 2. The Hall–Kier alpha value is -2.99. The molecule has 1 N–H and O–H groups in total. The van der Waals surface area contributed by atoms with Crippen LogP contribution in [0, 0.1) is 0 Å². The highest BCUT2D eigenvalue weighted by Gasteiger charge is 2.23. The van der Waals surface area contributed by atoms with Crippen molar-refractivity contribution in [2.24, 2.45) is 0 Å². The summed E-state index contributed by atoms with van der Waals surface area (Å²) in [5, 5.41) is 4.05. The van der Waals surface area contributed by atoms with Gasteiger partial charge < -0.3 is 19.2 Å². The highest BCUT2D eigenvalue weighted by Crippen LogP contribution is 2.35. The van der Waals surface area contributed by atoms with Crippen molar-refractivity contribution in [1.82, 2.24) is 4.90 Å². The number of nitrogens with one attached hydrogen (secondary N) is 1.